The topological polar surface area (TPSA) is 95.6 Å². The zero-order valence-corrected chi connectivity index (χ0v) is 19.0. The summed E-state index contributed by atoms with van der Waals surface area (Å²) in [6, 6.07) is 22.7. The van der Waals surface area contributed by atoms with Crippen LogP contribution in [0.2, 0.25) is 0 Å². The number of para-hydroxylation sites is 1. The van der Waals surface area contributed by atoms with Crippen LogP contribution < -0.4 is 14.9 Å². The molecule has 4 rings (SSSR count). The van der Waals surface area contributed by atoms with Crippen LogP contribution in [0, 0.1) is 0 Å². The van der Waals surface area contributed by atoms with Gasteiger partial charge in [0.05, 0.1) is 28.7 Å². The Labute approximate surface area is 193 Å². The Balaban J connectivity index is 1.52. The number of amides is 2. The van der Waals surface area contributed by atoms with Crippen molar-refractivity contribution in [2.75, 3.05) is 21.9 Å². The van der Waals surface area contributed by atoms with Crippen molar-refractivity contribution in [2.24, 2.45) is 0 Å². The molecule has 0 bridgehead atoms. The largest absolute Gasteiger partial charge is 0.345 e. The summed E-state index contributed by atoms with van der Waals surface area (Å²) < 4.78 is 25.8. The minimum absolute atomic E-state index is 0.104. The molecule has 1 aliphatic rings. The lowest BCUT2D eigenvalue weighted by atomic mass is 10.1. The van der Waals surface area contributed by atoms with E-state index in [9.17, 15) is 18.0 Å². The van der Waals surface area contributed by atoms with Gasteiger partial charge in [0, 0.05) is 12.1 Å². The van der Waals surface area contributed by atoms with Crippen LogP contribution in [0.3, 0.4) is 0 Å². The first-order valence-corrected chi connectivity index (χ1v) is 12.3. The van der Waals surface area contributed by atoms with E-state index in [2.05, 4.69) is 10.6 Å². The molecule has 1 atom stereocenters. The van der Waals surface area contributed by atoms with Gasteiger partial charge in [-0.1, -0.05) is 48.5 Å². The average molecular weight is 464 g/mol. The van der Waals surface area contributed by atoms with Crippen LogP contribution in [-0.2, 0) is 10.0 Å². The van der Waals surface area contributed by atoms with Gasteiger partial charge in [-0.25, -0.2) is 8.42 Å². The summed E-state index contributed by atoms with van der Waals surface area (Å²) in [5.74, 6) is -0.628. The molecule has 0 aliphatic carbocycles. The van der Waals surface area contributed by atoms with Crippen LogP contribution in [-0.4, -0.2) is 32.5 Å². The average Bonchev–Trinajstić information content (AvgIpc) is 3.18. The van der Waals surface area contributed by atoms with Crippen LogP contribution in [0.15, 0.2) is 78.9 Å². The molecule has 1 unspecified atom stereocenters. The Morgan fingerprint density at radius 3 is 2.36 bits per heavy atom. The Bertz CT molecular complexity index is 1280. The van der Waals surface area contributed by atoms with Gasteiger partial charge in [-0.3, -0.25) is 13.9 Å². The molecule has 0 aromatic heterocycles. The van der Waals surface area contributed by atoms with E-state index >= 15 is 0 Å². The first kappa shape index (κ1) is 22.5. The maximum atomic E-state index is 13.0. The van der Waals surface area contributed by atoms with Crippen molar-refractivity contribution in [2.45, 2.75) is 19.4 Å². The number of sulfonamides is 1. The number of anilines is 2. The van der Waals surface area contributed by atoms with E-state index in [1.54, 1.807) is 48.5 Å². The Morgan fingerprint density at radius 2 is 1.64 bits per heavy atom. The summed E-state index contributed by atoms with van der Waals surface area (Å²) >= 11 is 0. The first-order valence-electron chi connectivity index (χ1n) is 10.7. The molecule has 33 heavy (non-hydrogen) atoms. The van der Waals surface area contributed by atoms with Crippen LogP contribution in [0.1, 0.15) is 45.7 Å². The molecule has 2 amide bonds. The second kappa shape index (κ2) is 9.46. The van der Waals surface area contributed by atoms with E-state index in [4.69, 9.17) is 0 Å². The molecule has 3 aromatic carbocycles. The fraction of sp³-hybridized carbons (Fsp3) is 0.200. The maximum Gasteiger partial charge on any atom is 0.255 e. The normalized spacial score (nSPS) is 15.6. The molecular weight excluding hydrogens is 438 g/mol. The number of nitrogens with zero attached hydrogens (tertiary/aromatic N) is 1. The Hall–Kier alpha value is -3.65. The highest BCUT2D eigenvalue weighted by Gasteiger charge is 2.28. The third-order valence-corrected chi connectivity index (χ3v) is 7.43. The van der Waals surface area contributed by atoms with Crippen LogP contribution in [0.4, 0.5) is 11.4 Å². The van der Waals surface area contributed by atoms with Gasteiger partial charge < -0.3 is 10.6 Å². The fourth-order valence-electron chi connectivity index (χ4n) is 3.82. The summed E-state index contributed by atoms with van der Waals surface area (Å²) in [6.45, 7) is 2.29. The zero-order valence-electron chi connectivity index (χ0n) is 18.2. The lowest BCUT2D eigenvalue weighted by Crippen LogP contribution is -2.28. The highest BCUT2D eigenvalue weighted by molar-refractivity contribution is 7.93. The van der Waals surface area contributed by atoms with Crippen molar-refractivity contribution in [1.29, 1.82) is 0 Å². The number of rotatable bonds is 6. The van der Waals surface area contributed by atoms with Crippen molar-refractivity contribution in [3.8, 4) is 0 Å². The molecule has 1 saturated heterocycles. The van der Waals surface area contributed by atoms with Gasteiger partial charge in [0.25, 0.3) is 11.8 Å². The summed E-state index contributed by atoms with van der Waals surface area (Å²) in [4.78, 5) is 25.9. The quantitative estimate of drug-likeness (QED) is 0.578. The number of nitrogens with one attached hydrogen (secondary N) is 2. The second-order valence-electron chi connectivity index (χ2n) is 7.90. The van der Waals surface area contributed by atoms with Gasteiger partial charge in [0.15, 0.2) is 0 Å². The van der Waals surface area contributed by atoms with Crippen molar-refractivity contribution in [3.63, 3.8) is 0 Å². The molecule has 3 aromatic rings. The first-order chi connectivity index (χ1) is 15.8. The molecule has 0 saturated carbocycles. The summed E-state index contributed by atoms with van der Waals surface area (Å²) in [5, 5.41) is 5.75. The lowest BCUT2D eigenvalue weighted by Gasteiger charge is -2.18. The number of carbonyl (C=O) groups is 2. The van der Waals surface area contributed by atoms with Crippen molar-refractivity contribution >= 4 is 33.2 Å². The van der Waals surface area contributed by atoms with Gasteiger partial charge in [-0.15, -0.1) is 0 Å². The molecule has 1 fully saturated rings. The summed E-state index contributed by atoms with van der Waals surface area (Å²) in [7, 11) is -3.35. The fourth-order valence-corrected chi connectivity index (χ4v) is 5.37. The van der Waals surface area contributed by atoms with Gasteiger partial charge in [-0.2, -0.15) is 0 Å². The van der Waals surface area contributed by atoms with E-state index in [-0.39, 0.29) is 17.7 Å². The number of benzene rings is 3. The highest BCUT2D eigenvalue weighted by atomic mass is 32.2. The summed E-state index contributed by atoms with van der Waals surface area (Å²) in [6.07, 6.45) is 0.558. The SMILES string of the molecule is CC(NC(=O)c1ccccc1NC(=O)c1cccc(N2CCCS2(=O)=O)c1)c1ccccc1. The molecule has 170 valence electrons. The lowest BCUT2D eigenvalue weighted by molar-refractivity contribution is 0.0940. The zero-order chi connectivity index (χ0) is 23.4. The maximum absolute atomic E-state index is 13.0. The third kappa shape index (κ3) is 5.06. The van der Waals surface area contributed by atoms with E-state index in [0.717, 1.165) is 5.56 Å². The molecule has 1 heterocycles. The molecular formula is C25H25N3O4S. The standard InChI is InChI=1S/C25H25N3O4S/c1-18(19-9-3-2-4-10-19)26-25(30)22-13-5-6-14-23(22)27-24(29)20-11-7-12-21(17-20)28-15-8-16-33(28,31)32/h2-7,9-14,17-18H,8,15-16H2,1H3,(H,26,30)(H,27,29). The molecule has 7 nitrogen and oxygen atoms in total. The monoisotopic (exact) mass is 463 g/mol. The number of hydrogen-bond donors (Lipinski definition) is 2. The molecule has 0 spiro atoms. The molecule has 8 heteroatoms. The van der Waals surface area contributed by atoms with Crippen LogP contribution >= 0.6 is 0 Å². The van der Waals surface area contributed by atoms with Crippen LogP contribution in [0.5, 0.6) is 0 Å². The number of carbonyl (C=O) groups excluding carboxylic acids is 2. The van der Waals surface area contributed by atoms with Crippen molar-refractivity contribution in [3.05, 3.63) is 95.6 Å². The molecule has 2 N–H and O–H groups in total. The smallest absolute Gasteiger partial charge is 0.255 e. The van der Waals surface area contributed by atoms with Crippen molar-refractivity contribution in [1.82, 2.24) is 5.32 Å². The number of hydrogen-bond acceptors (Lipinski definition) is 4. The second-order valence-corrected chi connectivity index (χ2v) is 9.91. The van der Waals surface area contributed by atoms with Crippen LogP contribution in [0.25, 0.3) is 0 Å². The van der Waals surface area contributed by atoms with Gasteiger partial charge in [0.1, 0.15) is 0 Å². The predicted octanol–water partition coefficient (Wildman–Crippen LogP) is 3.97. The van der Waals surface area contributed by atoms with Gasteiger partial charge in [-0.05, 0) is 49.2 Å². The molecule has 1 aliphatic heterocycles. The Kier molecular flexibility index (Phi) is 6.46. The third-order valence-electron chi connectivity index (χ3n) is 5.56. The predicted molar refractivity (Wildman–Crippen MR) is 129 cm³/mol. The van der Waals surface area contributed by atoms with E-state index in [0.29, 0.717) is 35.5 Å². The van der Waals surface area contributed by atoms with Crippen molar-refractivity contribution < 1.29 is 18.0 Å². The van der Waals surface area contributed by atoms with Gasteiger partial charge >= 0.3 is 0 Å². The minimum atomic E-state index is -3.35. The Morgan fingerprint density at radius 1 is 0.909 bits per heavy atom. The van der Waals surface area contributed by atoms with E-state index in [1.807, 2.05) is 37.3 Å². The summed E-state index contributed by atoms with van der Waals surface area (Å²) in [5.41, 5.74) is 2.46. The highest BCUT2D eigenvalue weighted by Crippen LogP contribution is 2.25. The van der Waals surface area contributed by atoms with E-state index < -0.39 is 15.9 Å². The molecule has 0 radical (unpaired) electrons. The minimum Gasteiger partial charge on any atom is -0.345 e. The van der Waals surface area contributed by atoms with Gasteiger partial charge in [0.2, 0.25) is 10.0 Å². The van der Waals surface area contributed by atoms with E-state index in [1.165, 1.54) is 4.31 Å².